The lowest BCUT2D eigenvalue weighted by Crippen LogP contribution is -2.01. The van der Waals surface area contributed by atoms with Crippen LogP contribution in [0.4, 0.5) is 0 Å². The third kappa shape index (κ3) is 4.12. The van der Waals surface area contributed by atoms with Crippen molar-refractivity contribution in [2.24, 2.45) is 0 Å². The first-order valence-corrected chi connectivity index (χ1v) is 14.2. The molecule has 4 nitrogen and oxygen atoms in total. The van der Waals surface area contributed by atoms with Crippen LogP contribution < -0.4 is 0 Å². The highest BCUT2D eigenvalue weighted by molar-refractivity contribution is 6.33. The first-order chi connectivity index (χ1) is 20.7. The molecule has 0 aliphatic heterocycles. The van der Waals surface area contributed by atoms with Gasteiger partial charge in [-0.2, -0.15) is 0 Å². The molecule has 2 heterocycles. The Hall–Kier alpha value is -5.32. The molecule has 0 aliphatic rings. The topological polar surface area (TPSA) is 43.6 Å². The summed E-state index contributed by atoms with van der Waals surface area (Å²) in [6, 6.07) is 47.6. The minimum atomic E-state index is 0.528. The van der Waals surface area contributed by atoms with Gasteiger partial charge in [0, 0.05) is 33.2 Å². The molecule has 0 saturated heterocycles. The molecule has 0 fully saturated rings. The van der Waals surface area contributed by atoms with E-state index in [0.717, 1.165) is 33.4 Å². The van der Waals surface area contributed by atoms with Crippen LogP contribution >= 0.6 is 11.6 Å². The molecule has 0 unspecified atom stereocenters. The average molecular weight is 559 g/mol. The fourth-order valence-corrected chi connectivity index (χ4v) is 5.89. The van der Waals surface area contributed by atoms with Gasteiger partial charge in [-0.1, -0.05) is 115 Å². The summed E-state index contributed by atoms with van der Waals surface area (Å²) in [6.07, 6.45) is 0. The van der Waals surface area contributed by atoms with Gasteiger partial charge in [-0.15, -0.1) is 0 Å². The van der Waals surface area contributed by atoms with Crippen LogP contribution in [-0.4, -0.2) is 19.5 Å². The maximum atomic E-state index is 6.89. The second-order valence-corrected chi connectivity index (χ2v) is 10.7. The summed E-state index contributed by atoms with van der Waals surface area (Å²) in [5.74, 6) is 1.73. The summed E-state index contributed by atoms with van der Waals surface area (Å²) in [7, 11) is 0. The van der Waals surface area contributed by atoms with Gasteiger partial charge in [0.2, 0.25) is 0 Å². The van der Waals surface area contributed by atoms with Crippen LogP contribution in [0.3, 0.4) is 0 Å². The Kier molecular flexibility index (Phi) is 5.80. The van der Waals surface area contributed by atoms with Crippen LogP contribution in [0, 0.1) is 0 Å². The summed E-state index contributed by atoms with van der Waals surface area (Å²) in [5, 5.41) is 5.40. The minimum absolute atomic E-state index is 0.528. The van der Waals surface area contributed by atoms with Gasteiger partial charge < -0.3 is 4.57 Å². The van der Waals surface area contributed by atoms with Crippen molar-refractivity contribution in [3.8, 4) is 39.9 Å². The Morgan fingerprint density at radius 3 is 1.71 bits per heavy atom. The van der Waals surface area contributed by atoms with Gasteiger partial charge in [-0.3, -0.25) is 0 Å². The molecule has 8 rings (SSSR count). The van der Waals surface area contributed by atoms with E-state index in [1.54, 1.807) is 0 Å². The SMILES string of the molecule is Clc1ccc(-n2c3ccccc3c3cc4ccccc4cc32)cc1-c1nc(-c2ccccc2)nc(-c2ccccc2)n1. The van der Waals surface area contributed by atoms with E-state index >= 15 is 0 Å². The number of hydrogen-bond acceptors (Lipinski definition) is 3. The van der Waals surface area contributed by atoms with Crippen LogP contribution in [0.2, 0.25) is 5.02 Å². The standard InChI is InChI=1S/C37H23ClN4/c38-32-20-19-28(42-33-18-10-9-17-29(33)30-21-26-15-7-8-16-27(26)22-34(30)42)23-31(32)37-40-35(24-11-3-1-4-12-24)39-36(41-37)25-13-5-2-6-14-25/h1-23H. The van der Waals surface area contributed by atoms with Crippen LogP contribution in [-0.2, 0) is 0 Å². The van der Waals surface area contributed by atoms with E-state index < -0.39 is 0 Å². The normalized spacial score (nSPS) is 11.5. The summed E-state index contributed by atoms with van der Waals surface area (Å²) in [6.45, 7) is 0. The van der Waals surface area contributed by atoms with Gasteiger partial charge >= 0.3 is 0 Å². The lowest BCUT2D eigenvalue weighted by atomic mass is 10.1. The van der Waals surface area contributed by atoms with E-state index in [1.807, 2.05) is 66.7 Å². The molecule has 0 amide bonds. The van der Waals surface area contributed by atoms with E-state index in [4.69, 9.17) is 26.6 Å². The summed E-state index contributed by atoms with van der Waals surface area (Å²) >= 11 is 6.89. The minimum Gasteiger partial charge on any atom is -0.309 e. The first kappa shape index (κ1) is 24.5. The molecule has 0 saturated carbocycles. The van der Waals surface area contributed by atoms with Crippen LogP contribution in [0.1, 0.15) is 0 Å². The van der Waals surface area contributed by atoms with Crippen molar-refractivity contribution < 1.29 is 0 Å². The van der Waals surface area contributed by atoms with Crippen molar-refractivity contribution in [3.63, 3.8) is 0 Å². The lowest BCUT2D eigenvalue weighted by Gasteiger charge is -2.13. The molecular weight excluding hydrogens is 536 g/mol. The highest BCUT2D eigenvalue weighted by Gasteiger charge is 2.18. The van der Waals surface area contributed by atoms with Crippen molar-refractivity contribution in [1.82, 2.24) is 19.5 Å². The zero-order chi connectivity index (χ0) is 28.0. The number of halogens is 1. The molecule has 198 valence electrons. The number of hydrogen-bond donors (Lipinski definition) is 0. The third-order valence-corrected chi connectivity index (χ3v) is 8.02. The monoisotopic (exact) mass is 558 g/mol. The van der Waals surface area contributed by atoms with Crippen molar-refractivity contribution in [1.29, 1.82) is 0 Å². The zero-order valence-electron chi connectivity index (χ0n) is 22.4. The van der Waals surface area contributed by atoms with Gasteiger partial charge in [0.05, 0.1) is 16.1 Å². The van der Waals surface area contributed by atoms with E-state index in [1.165, 1.54) is 21.5 Å². The molecule has 0 aliphatic carbocycles. The lowest BCUT2D eigenvalue weighted by molar-refractivity contribution is 1.07. The second-order valence-electron chi connectivity index (χ2n) is 10.3. The van der Waals surface area contributed by atoms with Gasteiger partial charge in [0.25, 0.3) is 0 Å². The predicted octanol–water partition coefficient (Wildman–Crippen LogP) is 9.78. The number of para-hydroxylation sites is 1. The Bertz CT molecular complexity index is 2200. The van der Waals surface area contributed by atoms with Crippen molar-refractivity contribution in [2.75, 3.05) is 0 Å². The summed E-state index contributed by atoms with van der Waals surface area (Å²) < 4.78 is 2.30. The number of nitrogens with zero attached hydrogens (tertiary/aromatic N) is 4. The highest BCUT2D eigenvalue weighted by atomic mass is 35.5. The van der Waals surface area contributed by atoms with E-state index in [0.29, 0.717) is 22.5 Å². The van der Waals surface area contributed by atoms with Crippen LogP contribution in [0.5, 0.6) is 0 Å². The molecule has 42 heavy (non-hydrogen) atoms. The number of aromatic nitrogens is 4. The molecule has 0 N–H and O–H groups in total. The van der Waals surface area contributed by atoms with Gasteiger partial charge in [0.15, 0.2) is 17.5 Å². The van der Waals surface area contributed by atoms with Gasteiger partial charge in [-0.25, -0.2) is 15.0 Å². The quantitative estimate of drug-likeness (QED) is 0.216. The van der Waals surface area contributed by atoms with Crippen molar-refractivity contribution >= 4 is 44.2 Å². The molecule has 0 radical (unpaired) electrons. The van der Waals surface area contributed by atoms with Crippen LogP contribution in [0.15, 0.2) is 140 Å². The fraction of sp³-hybridized carbons (Fsp3) is 0. The molecule has 0 atom stereocenters. The maximum Gasteiger partial charge on any atom is 0.165 e. The van der Waals surface area contributed by atoms with Gasteiger partial charge in [-0.05, 0) is 47.2 Å². The Morgan fingerprint density at radius 2 is 1.02 bits per heavy atom. The molecule has 6 aromatic carbocycles. The number of benzene rings is 6. The van der Waals surface area contributed by atoms with E-state index in [9.17, 15) is 0 Å². The first-order valence-electron chi connectivity index (χ1n) is 13.8. The molecular formula is C37H23ClN4. The van der Waals surface area contributed by atoms with Gasteiger partial charge in [0.1, 0.15) is 0 Å². The average Bonchev–Trinajstić information content (AvgIpc) is 3.37. The summed E-state index contributed by atoms with van der Waals surface area (Å²) in [5.41, 5.74) is 5.83. The Morgan fingerprint density at radius 1 is 0.452 bits per heavy atom. The summed E-state index contributed by atoms with van der Waals surface area (Å²) in [4.78, 5) is 14.7. The zero-order valence-corrected chi connectivity index (χ0v) is 23.2. The largest absolute Gasteiger partial charge is 0.309 e. The second kappa shape index (κ2) is 9.95. The predicted molar refractivity (Wildman–Crippen MR) is 173 cm³/mol. The molecule has 2 aromatic heterocycles. The fourth-order valence-electron chi connectivity index (χ4n) is 5.69. The van der Waals surface area contributed by atoms with E-state index in [2.05, 4.69) is 77.4 Å². The number of rotatable bonds is 4. The molecule has 0 bridgehead atoms. The molecule has 8 aromatic rings. The maximum absolute atomic E-state index is 6.89. The molecule has 0 spiro atoms. The Balaban J connectivity index is 1.38. The highest BCUT2D eigenvalue weighted by Crippen LogP contribution is 2.37. The molecule has 5 heteroatoms. The Labute approximate surface area is 247 Å². The number of fused-ring (bicyclic) bond motifs is 4. The van der Waals surface area contributed by atoms with Crippen molar-refractivity contribution in [3.05, 3.63) is 145 Å². The third-order valence-electron chi connectivity index (χ3n) is 7.69. The van der Waals surface area contributed by atoms with E-state index in [-0.39, 0.29) is 0 Å². The van der Waals surface area contributed by atoms with Crippen LogP contribution in [0.25, 0.3) is 72.4 Å². The smallest absolute Gasteiger partial charge is 0.165 e. The van der Waals surface area contributed by atoms with Crippen molar-refractivity contribution in [2.45, 2.75) is 0 Å².